The lowest BCUT2D eigenvalue weighted by molar-refractivity contribution is -0.141. The highest BCUT2D eigenvalue weighted by Crippen LogP contribution is 2.44. The molecule has 0 aromatic heterocycles. The van der Waals surface area contributed by atoms with E-state index in [0.717, 1.165) is 23.5 Å². The topological polar surface area (TPSA) is 40.6 Å². The number of hydrogen-bond donors (Lipinski definition) is 0. The van der Waals surface area contributed by atoms with Crippen LogP contribution >= 0.6 is 11.8 Å². The number of thioether (sulfide) groups is 1. The van der Waals surface area contributed by atoms with E-state index < -0.39 is 5.41 Å². The molecule has 2 saturated heterocycles. The van der Waals surface area contributed by atoms with E-state index in [0.29, 0.717) is 26.1 Å². The first-order valence-electron chi connectivity index (χ1n) is 7.86. The zero-order valence-electron chi connectivity index (χ0n) is 13.3. The quantitative estimate of drug-likeness (QED) is 0.773. The van der Waals surface area contributed by atoms with E-state index in [9.17, 15) is 14.0 Å². The summed E-state index contributed by atoms with van der Waals surface area (Å²) >= 11 is 1.76. The minimum Gasteiger partial charge on any atom is -0.300 e. The molecule has 0 radical (unpaired) electrons. The number of halogens is 1. The molecular weight excluding hydrogens is 315 g/mol. The van der Waals surface area contributed by atoms with Gasteiger partial charge in [-0.15, -0.1) is 0 Å². The second-order valence-electron chi connectivity index (χ2n) is 6.47. The summed E-state index contributed by atoms with van der Waals surface area (Å²) in [5, 5.41) is 0. The molecule has 23 heavy (non-hydrogen) atoms. The number of amides is 2. The van der Waals surface area contributed by atoms with Crippen molar-refractivity contribution in [2.45, 2.75) is 19.4 Å². The van der Waals surface area contributed by atoms with Crippen LogP contribution in [0.4, 0.5) is 4.39 Å². The first kappa shape index (κ1) is 16.5. The van der Waals surface area contributed by atoms with Crippen molar-refractivity contribution in [3.8, 4) is 0 Å². The number of benzene rings is 1. The van der Waals surface area contributed by atoms with E-state index >= 15 is 0 Å². The van der Waals surface area contributed by atoms with Crippen molar-refractivity contribution in [3.63, 3.8) is 0 Å². The molecule has 124 valence electrons. The normalized spacial score (nSPS) is 24.4. The Kier molecular flexibility index (Phi) is 4.73. The molecule has 0 aliphatic carbocycles. The fourth-order valence-electron chi connectivity index (χ4n) is 3.25. The minimum atomic E-state index is -0.419. The monoisotopic (exact) mass is 336 g/mol. The molecule has 1 spiro atoms. The average Bonchev–Trinajstić information content (AvgIpc) is 3.07. The highest BCUT2D eigenvalue weighted by Gasteiger charge is 2.52. The van der Waals surface area contributed by atoms with E-state index in [4.69, 9.17) is 0 Å². The second-order valence-corrected chi connectivity index (χ2v) is 7.58. The van der Waals surface area contributed by atoms with E-state index in [2.05, 4.69) is 0 Å². The smallest absolute Gasteiger partial charge is 0.236 e. The summed E-state index contributed by atoms with van der Waals surface area (Å²) in [4.78, 5) is 28.3. The van der Waals surface area contributed by atoms with Crippen molar-refractivity contribution in [2.24, 2.45) is 5.41 Å². The fraction of sp³-hybridized carbons (Fsp3) is 0.529. The SMILES string of the molecule is CN(CCN1C(=O)CC2(CCSC2)C1=O)Cc1ccc(F)cc1. The van der Waals surface area contributed by atoms with Gasteiger partial charge in [-0.05, 0) is 36.9 Å². The maximum atomic E-state index is 12.9. The Labute approximate surface area is 140 Å². The summed E-state index contributed by atoms with van der Waals surface area (Å²) in [6.45, 7) is 1.72. The van der Waals surface area contributed by atoms with Gasteiger partial charge in [-0.25, -0.2) is 4.39 Å². The van der Waals surface area contributed by atoms with Gasteiger partial charge in [0.25, 0.3) is 0 Å². The van der Waals surface area contributed by atoms with Crippen LogP contribution in [-0.4, -0.2) is 53.3 Å². The molecule has 1 atom stereocenters. The maximum absolute atomic E-state index is 12.9. The zero-order chi connectivity index (χ0) is 16.4. The molecule has 0 bridgehead atoms. The van der Waals surface area contributed by atoms with Gasteiger partial charge in [0.2, 0.25) is 11.8 Å². The summed E-state index contributed by atoms with van der Waals surface area (Å²) in [5.74, 6) is 1.48. The molecule has 2 aliphatic rings. The van der Waals surface area contributed by atoms with Gasteiger partial charge in [-0.2, -0.15) is 11.8 Å². The van der Waals surface area contributed by atoms with Gasteiger partial charge in [-0.3, -0.25) is 14.5 Å². The summed E-state index contributed by atoms with van der Waals surface area (Å²) in [5.41, 5.74) is 0.591. The molecule has 0 N–H and O–H groups in total. The van der Waals surface area contributed by atoms with Gasteiger partial charge in [0.1, 0.15) is 5.82 Å². The van der Waals surface area contributed by atoms with Crippen LogP contribution in [-0.2, 0) is 16.1 Å². The molecule has 3 rings (SSSR count). The number of nitrogens with zero attached hydrogens (tertiary/aromatic N) is 2. The molecule has 4 nitrogen and oxygen atoms in total. The van der Waals surface area contributed by atoms with Crippen LogP contribution in [0.1, 0.15) is 18.4 Å². The van der Waals surface area contributed by atoms with Crippen molar-refractivity contribution >= 4 is 23.6 Å². The lowest BCUT2D eigenvalue weighted by atomic mass is 9.86. The van der Waals surface area contributed by atoms with Crippen LogP contribution in [0.3, 0.4) is 0 Å². The van der Waals surface area contributed by atoms with Crippen LogP contribution in [0.15, 0.2) is 24.3 Å². The second kappa shape index (κ2) is 6.61. The first-order chi connectivity index (χ1) is 11.0. The highest BCUT2D eigenvalue weighted by molar-refractivity contribution is 7.99. The Bertz CT molecular complexity index is 599. The third kappa shape index (κ3) is 3.43. The van der Waals surface area contributed by atoms with Crippen molar-refractivity contribution < 1.29 is 14.0 Å². The zero-order valence-corrected chi connectivity index (χ0v) is 14.1. The Morgan fingerprint density at radius 1 is 1.30 bits per heavy atom. The summed E-state index contributed by atoms with van der Waals surface area (Å²) < 4.78 is 12.9. The Morgan fingerprint density at radius 3 is 2.70 bits per heavy atom. The lowest BCUT2D eigenvalue weighted by Crippen LogP contribution is -2.40. The molecule has 1 unspecified atom stereocenters. The van der Waals surface area contributed by atoms with E-state index in [1.807, 2.05) is 11.9 Å². The number of carbonyl (C=O) groups is 2. The van der Waals surface area contributed by atoms with Gasteiger partial charge >= 0.3 is 0 Å². The van der Waals surface area contributed by atoms with Gasteiger partial charge in [0.05, 0.1) is 5.41 Å². The molecule has 1 aromatic rings. The minimum absolute atomic E-state index is 0.0164. The van der Waals surface area contributed by atoms with Crippen LogP contribution < -0.4 is 0 Å². The number of imide groups is 1. The van der Waals surface area contributed by atoms with Gasteiger partial charge < -0.3 is 4.90 Å². The fourth-order valence-corrected chi connectivity index (χ4v) is 4.69. The average molecular weight is 336 g/mol. The molecule has 1 aromatic carbocycles. The third-order valence-electron chi connectivity index (χ3n) is 4.66. The predicted octanol–water partition coefficient (Wildman–Crippen LogP) is 2.14. The van der Waals surface area contributed by atoms with Crippen LogP contribution in [0, 0.1) is 11.2 Å². The van der Waals surface area contributed by atoms with Crippen LogP contribution in [0.25, 0.3) is 0 Å². The van der Waals surface area contributed by atoms with Crippen molar-refractivity contribution in [1.29, 1.82) is 0 Å². The predicted molar refractivity (Wildman–Crippen MR) is 88.4 cm³/mol. The van der Waals surface area contributed by atoms with Crippen molar-refractivity contribution in [2.75, 3.05) is 31.6 Å². The number of likely N-dealkylation sites (N-methyl/N-ethyl adjacent to an activating group) is 1. The Hall–Kier alpha value is -1.40. The largest absolute Gasteiger partial charge is 0.300 e. The highest BCUT2D eigenvalue weighted by atomic mass is 32.2. The van der Waals surface area contributed by atoms with Crippen molar-refractivity contribution in [3.05, 3.63) is 35.6 Å². The van der Waals surface area contributed by atoms with E-state index in [1.54, 1.807) is 23.9 Å². The van der Waals surface area contributed by atoms with Gasteiger partial charge in [-0.1, -0.05) is 12.1 Å². The summed E-state index contributed by atoms with van der Waals surface area (Å²) in [6, 6.07) is 6.39. The van der Waals surface area contributed by atoms with E-state index in [1.165, 1.54) is 17.0 Å². The molecule has 2 amide bonds. The molecule has 6 heteroatoms. The number of likely N-dealkylation sites (tertiary alicyclic amines) is 1. The maximum Gasteiger partial charge on any atom is 0.236 e. The lowest BCUT2D eigenvalue weighted by Gasteiger charge is -2.23. The molecule has 0 saturated carbocycles. The first-order valence-corrected chi connectivity index (χ1v) is 9.01. The number of carbonyl (C=O) groups excluding carboxylic acids is 2. The number of rotatable bonds is 5. The summed E-state index contributed by atoms with van der Waals surface area (Å²) in [7, 11) is 1.94. The Balaban J connectivity index is 1.54. The number of hydrogen-bond acceptors (Lipinski definition) is 4. The van der Waals surface area contributed by atoms with E-state index in [-0.39, 0.29) is 17.6 Å². The van der Waals surface area contributed by atoms with Gasteiger partial charge in [0.15, 0.2) is 0 Å². The third-order valence-corrected chi connectivity index (χ3v) is 5.91. The van der Waals surface area contributed by atoms with Gasteiger partial charge in [0, 0.05) is 31.8 Å². The summed E-state index contributed by atoms with van der Waals surface area (Å²) in [6.07, 6.45) is 1.20. The molecule has 2 fully saturated rings. The van der Waals surface area contributed by atoms with Crippen LogP contribution in [0.2, 0.25) is 0 Å². The van der Waals surface area contributed by atoms with Crippen molar-refractivity contribution in [1.82, 2.24) is 9.80 Å². The van der Waals surface area contributed by atoms with Crippen LogP contribution in [0.5, 0.6) is 0 Å². The molecule has 2 heterocycles. The Morgan fingerprint density at radius 2 is 2.04 bits per heavy atom. The molecule has 2 aliphatic heterocycles. The standard InChI is InChI=1S/C17H21FN2O2S/c1-19(11-13-2-4-14(18)5-3-13)7-8-20-15(21)10-17(16(20)22)6-9-23-12-17/h2-5H,6-12H2,1H3. The molecular formula is C17H21FN2O2S.